The fourth-order valence-corrected chi connectivity index (χ4v) is 1.72. The van der Waals surface area contributed by atoms with Crippen LogP contribution in [0, 0.1) is 0 Å². The van der Waals surface area contributed by atoms with Gasteiger partial charge in [0.2, 0.25) is 5.91 Å². The number of methoxy groups -OCH3 is 1. The van der Waals surface area contributed by atoms with Crippen LogP contribution in [-0.2, 0) is 23.9 Å². The lowest BCUT2D eigenvalue weighted by molar-refractivity contribution is -0.140. The number of ether oxygens (including phenoxy) is 2. The molecule has 0 aliphatic rings. The van der Waals surface area contributed by atoms with Gasteiger partial charge in [0, 0.05) is 25.6 Å². The highest BCUT2D eigenvalue weighted by Crippen LogP contribution is 2.10. The molecule has 0 fully saturated rings. The molecule has 8 heteroatoms. The molecule has 0 radical (unpaired) electrons. The van der Waals surface area contributed by atoms with Gasteiger partial charge in [0.05, 0.1) is 12.7 Å². The number of esters is 2. The van der Waals surface area contributed by atoms with Crippen LogP contribution in [0.4, 0.5) is 5.69 Å². The number of hydrogen-bond acceptors (Lipinski definition) is 6. The van der Waals surface area contributed by atoms with E-state index in [1.807, 2.05) is 0 Å². The first kappa shape index (κ1) is 19.1. The van der Waals surface area contributed by atoms with Gasteiger partial charge in [-0.3, -0.25) is 14.4 Å². The van der Waals surface area contributed by atoms with Crippen molar-refractivity contribution in [3.05, 3.63) is 29.8 Å². The Morgan fingerprint density at radius 3 is 2.33 bits per heavy atom. The smallest absolute Gasteiger partial charge is 0.338 e. The molecule has 0 aliphatic carbocycles. The van der Waals surface area contributed by atoms with E-state index < -0.39 is 18.5 Å². The molecule has 1 rings (SSSR count). The average Bonchev–Trinajstić information content (AvgIpc) is 2.56. The Hall–Kier alpha value is -2.90. The van der Waals surface area contributed by atoms with Crippen LogP contribution in [0.5, 0.6) is 0 Å². The minimum Gasteiger partial charge on any atom is -0.469 e. The van der Waals surface area contributed by atoms with E-state index in [-0.39, 0.29) is 30.4 Å². The molecule has 8 nitrogen and oxygen atoms in total. The molecule has 0 atom stereocenters. The summed E-state index contributed by atoms with van der Waals surface area (Å²) >= 11 is 0. The maximum Gasteiger partial charge on any atom is 0.338 e. The normalized spacial score (nSPS) is 9.75. The SMILES string of the molecule is COC(=O)CCCNC(=O)COC(=O)c1ccc(NC(C)=O)cc1. The van der Waals surface area contributed by atoms with Crippen molar-refractivity contribution < 1.29 is 28.7 Å². The van der Waals surface area contributed by atoms with Crippen LogP contribution in [0.1, 0.15) is 30.1 Å². The Bertz CT molecular complexity index is 597. The highest BCUT2D eigenvalue weighted by molar-refractivity contribution is 5.93. The standard InChI is InChI=1S/C16H20N2O6/c1-11(19)18-13-7-5-12(6-8-13)16(22)24-10-14(20)17-9-3-4-15(21)23-2/h5-8H,3-4,9-10H2,1-2H3,(H,17,20)(H,18,19). The number of amides is 2. The van der Waals surface area contributed by atoms with Crippen molar-refractivity contribution in [2.75, 3.05) is 25.6 Å². The molecule has 0 aliphatic heterocycles. The monoisotopic (exact) mass is 336 g/mol. The molecule has 0 aromatic heterocycles. The zero-order valence-electron chi connectivity index (χ0n) is 13.6. The summed E-state index contributed by atoms with van der Waals surface area (Å²) in [7, 11) is 1.29. The summed E-state index contributed by atoms with van der Waals surface area (Å²) in [5, 5.41) is 5.10. The zero-order chi connectivity index (χ0) is 17.9. The molecular formula is C16H20N2O6. The highest BCUT2D eigenvalue weighted by Gasteiger charge is 2.10. The van der Waals surface area contributed by atoms with Crippen LogP contribution in [0.15, 0.2) is 24.3 Å². The predicted molar refractivity (Wildman–Crippen MR) is 85.3 cm³/mol. The van der Waals surface area contributed by atoms with Crippen molar-refractivity contribution >= 4 is 29.4 Å². The van der Waals surface area contributed by atoms with Crippen molar-refractivity contribution in [2.45, 2.75) is 19.8 Å². The highest BCUT2D eigenvalue weighted by atomic mass is 16.5. The van der Waals surface area contributed by atoms with Gasteiger partial charge in [-0.25, -0.2) is 4.79 Å². The van der Waals surface area contributed by atoms with E-state index in [1.54, 1.807) is 12.1 Å². The number of hydrogen-bond donors (Lipinski definition) is 2. The lowest BCUT2D eigenvalue weighted by Gasteiger charge is -2.07. The van der Waals surface area contributed by atoms with Crippen LogP contribution in [0.25, 0.3) is 0 Å². The van der Waals surface area contributed by atoms with Gasteiger partial charge in [-0.1, -0.05) is 0 Å². The van der Waals surface area contributed by atoms with Gasteiger partial charge in [-0.15, -0.1) is 0 Å². The molecule has 130 valence electrons. The van der Waals surface area contributed by atoms with Gasteiger partial charge < -0.3 is 20.1 Å². The van der Waals surface area contributed by atoms with E-state index in [2.05, 4.69) is 15.4 Å². The quantitative estimate of drug-likeness (QED) is 0.538. The van der Waals surface area contributed by atoms with Crippen LogP contribution in [-0.4, -0.2) is 44.0 Å². The van der Waals surface area contributed by atoms with Crippen LogP contribution < -0.4 is 10.6 Å². The number of carbonyl (C=O) groups is 4. The molecule has 0 spiro atoms. The molecule has 1 aromatic rings. The maximum absolute atomic E-state index is 11.8. The van der Waals surface area contributed by atoms with Gasteiger partial charge in [-0.2, -0.15) is 0 Å². The number of anilines is 1. The average molecular weight is 336 g/mol. The minimum absolute atomic E-state index is 0.206. The molecule has 1 aromatic carbocycles. The summed E-state index contributed by atoms with van der Waals surface area (Å²) in [6.07, 6.45) is 0.647. The third-order valence-electron chi connectivity index (χ3n) is 2.88. The molecule has 0 unspecified atom stereocenters. The molecule has 2 N–H and O–H groups in total. The second-order valence-electron chi connectivity index (χ2n) is 4.86. The van der Waals surface area contributed by atoms with Crippen molar-refractivity contribution in [3.63, 3.8) is 0 Å². The molecule has 24 heavy (non-hydrogen) atoms. The number of carbonyl (C=O) groups excluding carboxylic acids is 4. The molecule has 0 saturated heterocycles. The van der Waals surface area contributed by atoms with Crippen molar-refractivity contribution in [2.24, 2.45) is 0 Å². The Balaban J connectivity index is 2.31. The van der Waals surface area contributed by atoms with E-state index in [0.29, 0.717) is 12.1 Å². The van der Waals surface area contributed by atoms with Crippen molar-refractivity contribution in [1.29, 1.82) is 0 Å². The van der Waals surface area contributed by atoms with E-state index in [1.165, 1.54) is 26.2 Å². The van der Waals surface area contributed by atoms with Gasteiger partial charge in [0.1, 0.15) is 0 Å². The fraction of sp³-hybridized carbons (Fsp3) is 0.375. The third kappa shape index (κ3) is 7.39. The van der Waals surface area contributed by atoms with Crippen LogP contribution in [0.2, 0.25) is 0 Å². The fourth-order valence-electron chi connectivity index (χ4n) is 1.72. The van der Waals surface area contributed by atoms with Crippen LogP contribution >= 0.6 is 0 Å². The van der Waals surface area contributed by atoms with Gasteiger partial charge in [0.15, 0.2) is 6.61 Å². The third-order valence-corrected chi connectivity index (χ3v) is 2.88. The summed E-state index contributed by atoms with van der Waals surface area (Å²) in [5.41, 5.74) is 0.824. The number of rotatable bonds is 8. The summed E-state index contributed by atoms with van der Waals surface area (Å²) in [4.78, 5) is 45.1. The van der Waals surface area contributed by atoms with Crippen LogP contribution in [0.3, 0.4) is 0 Å². The van der Waals surface area contributed by atoms with E-state index in [9.17, 15) is 19.2 Å². The lowest BCUT2D eigenvalue weighted by atomic mass is 10.2. The Kier molecular flexibility index (Phi) is 7.97. The topological polar surface area (TPSA) is 111 Å². The second-order valence-corrected chi connectivity index (χ2v) is 4.86. The van der Waals surface area contributed by atoms with Crippen molar-refractivity contribution in [3.8, 4) is 0 Å². The summed E-state index contributed by atoms with van der Waals surface area (Å²) in [6, 6.07) is 6.10. The molecule has 0 saturated carbocycles. The Labute approximate surface area is 139 Å². The zero-order valence-corrected chi connectivity index (χ0v) is 13.6. The Morgan fingerprint density at radius 2 is 1.75 bits per heavy atom. The summed E-state index contributed by atoms with van der Waals surface area (Å²) < 4.78 is 9.35. The molecular weight excluding hydrogens is 316 g/mol. The van der Waals surface area contributed by atoms with E-state index in [0.717, 1.165) is 0 Å². The predicted octanol–water partition coefficient (Wildman–Crippen LogP) is 0.871. The van der Waals surface area contributed by atoms with Gasteiger partial charge in [0.25, 0.3) is 5.91 Å². The minimum atomic E-state index is -0.644. The maximum atomic E-state index is 11.8. The number of nitrogens with one attached hydrogen (secondary N) is 2. The summed E-state index contributed by atoms with van der Waals surface area (Å²) in [6.45, 7) is 1.26. The largest absolute Gasteiger partial charge is 0.469 e. The van der Waals surface area contributed by atoms with E-state index >= 15 is 0 Å². The first-order chi connectivity index (χ1) is 11.4. The van der Waals surface area contributed by atoms with Crippen molar-refractivity contribution in [1.82, 2.24) is 5.32 Å². The molecule has 2 amide bonds. The first-order valence-electron chi connectivity index (χ1n) is 7.30. The first-order valence-corrected chi connectivity index (χ1v) is 7.30. The molecule has 0 heterocycles. The second kappa shape index (κ2) is 9.98. The van der Waals surface area contributed by atoms with Gasteiger partial charge >= 0.3 is 11.9 Å². The lowest BCUT2D eigenvalue weighted by Crippen LogP contribution is -2.29. The van der Waals surface area contributed by atoms with Gasteiger partial charge in [-0.05, 0) is 30.7 Å². The van der Waals surface area contributed by atoms with E-state index in [4.69, 9.17) is 4.74 Å². The number of benzene rings is 1. The molecule has 0 bridgehead atoms. The Morgan fingerprint density at radius 1 is 1.08 bits per heavy atom. The summed E-state index contributed by atoms with van der Waals surface area (Å²) in [5.74, 6) is -1.66.